The Morgan fingerprint density at radius 3 is 2.70 bits per heavy atom. The van der Waals surface area contributed by atoms with Crippen LogP contribution in [-0.2, 0) is 6.54 Å². The van der Waals surface area contributed by atoms with Crippen molar-refractivity contribution in [2.45, 2.75) is 19.9 Å². The summed E-state index contributed by atoms with van der Waals surface area (Å²) in [6, 6.07) is 9.59. The van der Waals surface area contributed by atoms with Gasteiger partial charge in [-0.3, -0.25) is 4.98 Å². The molecule has 0 aliphatic heterocycles. The summed E-state index contributed by atoms with van der Waals surface area (Å²) in [5.74, 6) is -1.24. The summed E-state index contributed by atoms with van der Waals surface area (Å²) in [6.07, 6.45) is 2.63. The second-order valence-corrected chi connectivity index (χ2v) is 4.54. The third-order valence-corrected chi connectivity index (χ3v) is 3.32. The largest absolute Gasteiger partial charge is 1.00 e. The number of hydrogen-bond acceptors (Lipinski definition) is 3. The van der Waals surface area contributed by atoms with Crippen molar-refractivity contribution in [2.75, 3.05) is 0 Å². The Balaban J connectivity index is 0.00000147. The van der Waals surface area contributed by atoms with Gasteiger partial charge in [-0.1, -0.05) is 25.1 Å². The summed E-state index contributed by atoms with van der Waals surface area (Å²) in [6.45, 7) is 3.00. The number of rotatable bonds is 3. The summed E-state index contributed by atoms with van der Waals surface area (Å²) in [7, 11) is 0. The molecule has 20 heavy (non-hydrogen) atoms. The molecule has 3 rings (SSSR count). The molecule has 0 N–H and O–H groups in total. The molecule has 0 fully saturated rings. The molecule has 0 bridgehead atoms. The number of carboxylic acid groups (broad SMARTS) is 1. The third-order valence-electron chi connectivity index (χ3n) is 3.32. The molecule has 0 amide bonds. The predicted molar refractivity (Wildman–Crippen MR) is 71.9 cm³/mol. The van der Waals surface area contributed by atoms with Crippen LogP contribution >= 0.6 is 0 Å². The Hall–Kier alpha value is -0.724. The minimum Gasteiger partial charge on any atom is -0.543 e. The SMILES string of the molecule is CCCn1c2ccccc2c2cc(C(=O)[O-])ncc21.[K+]. The number of carboxylic acids is 1. The van der Waals surface area contributed by atoms with E-state index >= 15 is 0 Å². The first-order valence-corrected chi connectivity index (χ1v) is 6.30. The van der Waals surface area contributed by atoms with Gasteiger partial charge in [0.05, 0.1) is 23.4 Å². The number of para-hydroxylation sites is 1. The number of aromatic carboxylic acids is 1. The molecule has 0 aliphatic rings. The van der Waals surface area contributed by atoms with Crippen molar-refractivity contribution in [1.29, 1.82) is 0 Å². The second kappa shape index (κ2) is 6.36. The zero-order chi connectivity index (χ0) is 13.4. The van der Waals surface area contributed by atoms with Crippen molar-refractivity contribution in [3.8, 4) is 0 Å². The molecule has 0 aliphatic carbocycles. The summed E-state index contributed by atoms with van der Waals surface area (Å²) in [5, 5.41) is 12.9. The van der Waals surface area contributed by atoms with Gasteiger partial charge in [0.2, 0.25) is 0 Å². The van der Waals surface area contributed by atoms with E-state index in [1.165, 1.54) is 0 Å². The first-order valence-electron chi connectivity index (χ1n) is 6.30. The van der Waals surface area contributed by atoms with E-state index in [1.54, 1.807) is 12.3 Å². The number of nitrogens with zero attached hydrogens (tertiary/aromatic N) is 2. The van der Waals surface area contributed by atoms with Crippen LogP contribution in [0, 0.1) is 0 Å². The number of hydrogen-bond donors (Lipinski definition) is 0. The average Bonchev–Trinajstić information content (AvgIpc) is 2.74. The number of aromatic nitrogens is 2. The van der Waals surface area contributed by atoms with E-state index in [4.69, 9.17) is 0 Å². The maximum Gasteiger partial charge on any atom is 1.00 e. The monoisotopic (exact) mass is 292 g/mol. The van der Waals surface area contributed by atoms with Gasteiger partial charge in [-0.2, -0.15) is 0 Å². The number of carbonyl (C=O) groups excluding carboxylic acids is 1. The van der Waals surface area contributed by atoms with Crippen LogP contribution in [0.2, 0.25) is 0 Å². The van der Waals surface area contributed by atoms with Crippen LogP contribution in [0.1, 0.15) is 23.8 Å². The van der Waals surface area contributed by atoms with E-state index in [0.29, 0.717) is 0 Å². The van der Waals surface area contributed by atoms with Crippen molar-refractivity contribution >= 4 is 27.8 Å². The van der Waals surface area contributed by atoms with Crippen LogP contribution < -0.4 is 56.5 Å². The molecule has 1 aromatic carbocycles. The minimum absolute atomic E-state index is 0. The van der Waals surface area contributed by atoms with Gasteiger partial charge in [-0.15, -0.1) is 0 Å². The van der Waals surface area contributed by atoms with E-state index in [0.717, 1.165) is 34.8 Å². The molecule has 0 radical (unpaired) electrons. The van der Waals surface area contributed by atoms with Crippen LogP contribution in [0.3, 0.4) is 0 Å². The fraction of sp³-hybridized carbons (Fsp3) is 0.200. The summed E-state index contributed by atoms with van der Waals surface area (Å²) < 4.78 is 2.18. The smallest absolute Gasteiger partial charge is 0.543 e. The maximum absolute atomic E-state index is 10.9. The van der Waals surface area contributed by atoms with E-state index in [1.807, 2.05) is 24.3 Å². The summed E-state index contributed by atoms with van der Waals surface area (Å²) in [5.41, 5.74) is 2.05. The molecule has 2 heterocycles. The van der Waals surface area contributed by atoms with Crippen LogP contribution in [0.25, 0.3) is 21.8 Å². The number of fused-ring (bicyclic) bond motifs is 3. The van der Waals surface area contributed by atoms with E-state index in [2.05, 4.69) is 16.5 Å². The van der Waals surface area contributed by atoms with Gasteiger partial charge in [0.25, 0.3) is 0 Å². The zero-order valence-corrected chi connectivity index (χ0v) is 14.7. The summed E-state index contributed by atoms with van der Waals surface area (Å²) >= 11 is 0. The fourth-order valence-corrected chi connectivity index (χ4v) is 2.52. The van der Waals surface area contributed by atoms with E-state index in [-0.39, 0.29) is 57.1 Å². The average molecular weight is 292 g/mol. The molecule has 5 heteroatoms. The Bertz CT molecular complexity index is 780. The van der Waals surface area contributed by atoms with Crippen molar-refractivity contribution in [2.24, 2.45) is 0 Å². The van der Waals surface area contributed by atoms with E-state index < -0.39 is 5.97 Å². The maximum atomic E-state index is 10.9. The van der Waals surface area contributed by atoms with E-state index in [9.17, 15) is 9.90 Å². The van der Waals surface area contributed by atoms with Gasteiger partial charge >= 0.3 is 51.4 Å². The van der Waals surface area contributed by atoms with Crippen molar-refractivity contribution in [3.05, 3.63) is 42.2 Å². The molecule has 2 aromatic heterocycles. The molecule has 0 saturated heterocycles. The standard InChI is InChI=1S/C15H14N2O2.K/c1-2-7-17-13-6-4-3-5-10(13)11-8-12(15(18)19)16-9-14(11)17;/h3-6,8-9H,2,7H2,1H3,(H,18,19);/q;+1/p-1. The van der Waals surface area contributed by atoms with Crippen molar-refractivity contribution < 1.29 is 61.3 Å². The summed E-state index contributed by atoms with van der Waals surface area (Å²) in [4.78, 5) is 14.9. The molecular formula is C15H13KN2O2. The van der Waals surface area contributed by atoms with Crippen LogP contribution in [0.15, 0.2) is 36.5 Å². The molecule has 0 unspecified atom stereocenters. The molecule has 0 spiro atoms. The van der Waals surface area contributed by atoms with Gasteiger partial charge in [-0.05, 0) is 18.6 Å². The number of aryl methyl sites for hydroxylation is 1. The first-order chi connectivity index (χ1) is 9.22. The molecule has 4 nitrogen and oxygen atoms in total. The van der Waals surface area contributed by atoms with Gasteiger partial charge < -0.3 is 14.5 Å². The quantitative estimate of drug-likeness (QED) is 0.580. The zero-order valence-electron chi connectivity index (χ0n) is 11.6. The van der Waals surface area contributed by atoms with Gasteiger partial charge in [-0.25, -0.2) is 0 Å². The molecule has 0 saturated carbocycles. The first kappa shape index (κ1) is 15.7. The number of carbonyl (C=O) groups is 1. The van der Waals surface area contributed by atoms with Crippen LogP contribution in [0.5, 0.6) is 0 Å². The third kappa shape index (κ3) is 2.56. The van der Waals surface area contributed by atoms with Gasteiger partial charge in [0.15, 0.2) is 0 Å². The number of benzene rings is 1. The Kier molecular flexibility index (Phi) is 4.98. The minimum atomic E-state index is -1.24. The van der Waals surface area contributed by atoms with Crippen molar-refractivity contribution in [1.82, 2.24) is 9.55 Å². The van der Waals surface area contributed by atoms with Crippen LogP contribution in [0.4, 0.5) is 0 Å². The molecule has 0 atom stereocenters. The predicted octanol–water partition coefficient (Wildman–Crippen LogP) is -1.03. The normalized spacial score (nSPS) is 10.7. The number of pyridine rings is 1. The molecule has 96 valence electrons. The second-order valence-electron chi connectivity index (χ2n) is 4.54. The Morgan fingerprint density at radius 2 is 2.00 bits per heavy atom. The van der Waals surface area contributed by atoms with Gasteiger partial charge in [0, 0.05) is 22.8 Å². The van der Waals surface area contributed by atoms with Crippen LogP contribution in [-0.4, -0.2) is 15.5 Å². The van der Waals surface area contributed by atoms with Gasteiger partial charge in [0.1, 0.15) is 0 Å². The fourth-order valence-electron chi connectivity index (χ4n) is 2.52. The Labute approximate surface area is 159 Å². The Morgan fingerprint density at radius 1 is 1.25 bits per heavy atom. The van der Waals surface area contributed by atoms with Crippen molar-refractivity contribution in [3.63, 3.8) is 0 Å². The topological polar surface area (TPSA) is 58.0 Å². The molecular weight excluding hydrogens is 279 g/mol. The molecule has 3 aromatic rings.